The highest BCUT2D eigenvalue weighted by atomic mass is 32.2. The largest absolute Gasteiger partial charge is 0.370 e. The Morgan fingerprint density at radius 1 is 1.21 bits per heavy atom. The van der Waals surface area contributed by atoms with E-state index in [-0.39, 0.29) is 11.8 Å². The highest BCUT2D eigenvalue weighted by Gasteiger charge is 2.19. The molecule has 1 aliphatic rings. The molecule has 0 bridgehead atoms. The van der Waals surface area contributed by atoms with Gasteiger partial charge in [0.15, 0.2) is 9.84 Å². The molecule has 19 heavy (non-hydrogen) atoms. The Bertz CT molecular complexity index is 511. The minimum absolute atomic E-state index is 0.0820. The molecular formula is C14H22N2O2S. The third-order valence-electron chi connectivity index (χ3n) is 3.68. The molecule has 0 spiro atoms. The molecule has 1 aromatic rings. The fourth-order valence-electron chi connectivity index (χ4n) is 2.36. The van der Waals surface area contributed by atoms with Gasteiger partial charge in [-0.2, -0.15) is 0 Å². The van der Waals surface area contributed by atoms with E-state index in [2.05, 4.69) is 11.8 Å². The second kappa shape index (κ2) is 5.92. The molecule has 1 saturated heterocycles. The highest BCUT2D eigenvalue weighted by molar-refractivity contribution is 7.91. The molecular weight excluding hydrogens is 260 g/mol. The van der Waals surface area contributed by atoms with Crippen molar-refractivity contribution in [2.24, 2.45) is 5.73 Å². The molecule has 0 radical (unpaired) electrons. The van der Waals surface area contributed by atoms with Crippen molar-refractivity contribution in [2.45, 2.75) is 25.8 Å². The molecule has 106 valence electrons. The first-order valence-corrected chi connectivity index (χ1v) is 8.65. The van der Waals surface area contributed by atoms with E-state index in [1.807, 2.05) is 24.3 Å². The van der Waals surface area contributed by atoms with Gasteiger partial charge in [-0.25, -0.2) is 8.42 Å². The highest BCUT2D eigenvalue weighted by Crippen LogP contribution is 2.21. The first-order chi connectivity index (χ1) is 9.02. The van der Waals surface area contributed by atoms with Crippen LogP contribution in [0.25, 0.3) is 0 Å². The monoisotopic (exact) mass is 282 g/mol. The summed E-state index contributed by atoms with van der Waals surface area (Å²) < 4.78 is 23.2. The van der Waals surface area contributed by atoms with E-state index in [1.54, 1.807) is 0 Å². The van der Waals surface area contributed by atoms with Crippen LogP contribution in [-0.4, -0.2) is 33.0 Å². The lowest BCUT2D eigenvalue weighted by atomic mass is 10.1. The Hall–Kier alpha value is -1.07. The van der Waals surface area contributed by atoms with E-state index >= 15 is 0 Å². The van der Waals surface area contributed by atoms with Crippen LogP contribution in [0.5, 0.6) is 0 Å². The number of nitrogens with zero attached hydrogens (tertiary/aromatic N) is 1. The molecule has 1 fully saturated rings. The summed E-state index contributed by atoms with van der Waals surface area (Å²) in [5.74, 6) is 0.561. The number of rotatable bonds is 3. The second-order valence-corrected chi connectivity index (χ2v) is 7.40. The third-order valence-corrected chi connectivity index (χ3v) is 5.40. The van der Waals surface area contributed by atoms with Crippen LogP contribution in [0.3, 0.4) is 0 Å². The van der Waals surface area contributed by atoms with E-state index in [9.17, 15) is 8.42 Å². The van der Waals surface area contributed by atoms with E-state index in [1.165, 1.54) is 0 Å². The minimum atomic E-state index is -2.85. The van der Waals surface area contributed by atoms with Gasteiger partial charge in [-0.05, 0) is 30.5 Å². The molecule has 1 aromatic carbocycles. The van der Waals surface area contributed by atoms with Crippen LogP contribution in [0.4, 0.5) is 5.69 Å². The zero-order chi connectivity index (χ0) is 13.9. The smallest absolute Gasteiger partial charge is 0.152 e. The van der Waals surface area contributed by atoms with Crippen LogP contribution in [0.15, 0.2) is 24.3 Å². The average molecular weight is 282 g/mol. The third kappa shape index (κ3) is 3.70. The Morgan fingerprint density at radius 3 is 2.53 bits per heavy atom. The zero-order valence-electron chi connectivity index (χ0n) is 11.4. The Kier molecular flexibility index (Phi) is 4.47. The van der Waals surface area contributed by atoms with Gasteiger partial charge in [0.05, 0.1) is 11.5 Å². The van der Waals surface area contributed by atoms with Gasteiger partial charge < -0.3 is 10.6 Å². The Balaban J connectivity index is 2.10. The normalized spacial score (nSPS) is 20.8. The summed E-state index contributed by atoms with van der Waals surface area (Å²) in [5, 5.41) is 0. The van der Waals surface area contributed by atoms with Crippen molar-refractivity contribution < 1.29 is 8.42 Å². The second-order valence-electron chi connectivity index (χ2n) is 5.10. The summed E-state index contributed by atoms with van der Waals surface area (Å²) in [6.45, 7) is 3.46. The molecule has 0 saturated carbocycles. The van der Waals surface area contributed by atoms with Gasteiger partial charge in [0.2, 0.25) is 0 Å². The quantitative estimate of drug-likeness (QED) is 0.917. The number of nitrogens with two attached hydrogens (primary N) is 1. The summed E-state index contributed by atoms with van der Waals surface area (Å²) in [4.78, 5) is 2.14. The number of hydrogen-bond donors (Lipinski definition) is 1. The lowest BCUT2D eigenvalue weighted by molar-refractivity contribution is 0.597. The molecule has 1 atom stereocenters. The molecule has 1 heterocycles. The van der Waals surface area contributed by atoms with Crippen molar-refractivity contribution in [3.8, 4) is 0 Å². The minimum Gasteiger partial charge on any atom is -0.370 e. The topological polar surface area (TPSA) is 63.4 Å². The number of sulfone groups is 1. The standard InChI is InChI=1S/C14H22N2O2S/c1-2-14(15)12-4-6-13(7-5-12)16-8-3-10-19(17,18)11-9-16/h4-7,14H,2-3,8-11,15H2,1H3/t14-/m0/s1. The molecule has 0 aromatic heterocycles. The van der Waals surface area contributed by atoms with E-state index < -0.39 is 9.84 Å². The van der Waals surface area contributed by atoms with Crippen molar-refractivity contribution in [3.05, 3.63) is 29.8 Å². The van der Waals surface area contributed by atoms with Gasteiger partial charge in [-0.3, -0.25) is 0 Å². The van der Waals surface area contributed by atoms with Gasteiger partial charge in [-0.1, -0.05) is 19.1 Å². The fourth-order valence-corrected chi connectivity index (χ4v) is 3.64. The molecule has 2 N–H and O–H groups in total. The van der Waals surface area contributed by atoms with Crippen molar-refractivity contribution in [3.63, 3.8) is 0 Å². The number of hydrogen-bond acceptors (Lipinski definition) is 4. The van der Waals surface area contributed by atoms with Crippen LogP contribution < -0.4 is 10.6 Å². The van der Waals surface area contributed by atoms with Gasteiger partial charge in [-0.15, -0.1) is 0 Å². The predicted molar refractivity (Wildman–Crippen MR) is 79.1 cm³/mol. The molecule has 2 rings (SSSR count). The Morgan fingerprint density at radius 2 is 1.89 bits per heavy atom. The van der Waals surface area contributed by atoms with Crippen molar-refractivity contribution in [1.82, 2.24) is 0 Å². The van der Waals surface area contributed by atoms with Crippen molar-refractivity contribution in [1.29, 1.82) is 0 Å². The molecule has 0 aliphatic carbocycles. The van der Waals surface area contributed by atoms with Crippen LogP contribution >= 0.6 is 0 Å². The van der Waals surface area contributed by atoms with Crippen LogP contribution in [0, 0.1) is 0 Å². The maximum Gasteiger partial charge on any atom is 0.152 e. The van der Waals surface area contributed by atoms with Gasteiger partial charge >= 0.3 is 0 Å². The molecule has 1 aliphatic heterocycles. The number of benzene rings is 1. The van der Waals surface area contributed by atoms with E-state index in [4.69, 9.17) is 5.73 Å². The summed E-state index contributed by atoms with van der Waals surface area (Å²) in [6, 6.07) is 8.26. The van der Waals surface area contributed by atoms with E-state index in [0.717, 1.165) is 24.2 Å². The lowest BCUT2D eigenvalue weighted by Crippen LogP contribution is -2.26. The van der Waals surface area contributed by atoms with Crippen LogP contribution in [0.2, 0.25) is 0 Å². The van der Waals surface area contributed by atoms with E-state index in [0.29, 0.717) is 18.7 Å². The Labute approximate surface area is 115 Å². The maximum absolute atomic E-state index is 11.6. The maximum atomic E-state index is 11.6. The molecule has 0 unspecified atom stereocenters. The first kappa shape index (κ1) is 14.3. The summed E-state index contributed by atoms with van der Waals surface area (Å²) in [5.41, 5.74) is 8.21. The van der Waals surface area contributed by atoms with Crippen molar-refractivity contribution in [2.75, 3.05) is 29.5 Å². The predicted octanol–water partition coefficient (Wildman–Crippen LogP) is 1.72. The summed E-state index contributed by atoms with van der Waals surface area (Å²) in [6.07, 6.45) is 1.62. The average Bonchev–Trinajstić information content (AvgIpc) is 2.59. The van der Waals surface area contributed by atoms with Gasteiger partial charge in [0.25, 0.3) is 0 Å². The van der Waals surface area contributed by atoms with Crippen LogP contribution in [0.1, 0.15) is 31.4 Å². The van der Waals surface area contributed by atoms with Gasteiger partial charge in [0, 0.05) is 24.8 Å². The fraction of sp³-hybridized carbons (Fsp3) is 0.571. The first-order valence-electron chi connectivity index (χ1n) is 6.83. The van der Waals surface area contributed by atoms with Crippen molar-refractivity contribution >= 4 is 15.5 Å². The summed E-state index contributed by atoms with van der Waals surface area (Å²) >= 11 is 0. The lowest BCUT2D eigenvalue weighted by Gasteiger charge is -2.22. The molecule has 4 nitrogen and oxygen atoms in total. The summed E-state index contributed by atoms with van der Waals surface area (Å²) in [7, 11) is -2.85. The zero-order valence-corrected chi connectivity index (χ0v) is 12.2. The molecule has 5 heteroatoms. The van der Waals surface area contributed by atoms with Gasteiger partial charge in [0.1, 0.15) is 0 Å². The number of anilines is 1. The molecule has 0 amide bonds. The van der Waals surface area contributed by atoms with Crippen LogP contribution in [-0.2, 0) is 9.84 Å². The SMILES string of the molecule is CC[C@H](N)c1ccc(N2CCCS(=O)(=O)CC2)cc1.